The third-order valence-electron chi connectivity index (χ3n) is 6.82. The van der Waals surface area contributed by atoms with Gasteiger partial charge in [0.05, 0.1) is 39.4 Å². The fourth-order valence-corrected chi connectivity index (χ4v) is 5.06. The molecule has 1 heterocycles. The Morgan fingerprint density at radius 3 is 2.31 bits per heavy atom. The van der Waals surface area contributed by atoms with Crippen molar-refractivity contribution in [3.05, 3.63) is 76.1 Å². The minimum Gasteiger partial charge on any atom is -0.497 e. The number of nitrogens with one attached hydrogen (secondary N) is 1. The highest BCUT2D eigenvalue weighted by Gasteiger charge is 2.42. The summed E-state index contributed by atoms with van der Waals surface area (Å²) in [5.74, 6) is 0.945. The molecular weight excluding hydrogens is 458 g/mol. The van der Waals surface area contributed by atoms with Gasteiger partial charge in [-0.05, 0) is 49.4 Å². The zero-order chi connectivity index (χ0) is 25.8. The molecule has 2 aromatic carbocycles. The molecule has 0 spiro atoms. The SMILES string of the molecule is CCCOC(=O)C1=C(C)NC2=C(C(=O)C[C@H](c3ccc(OC)cc3)C2)[C@H]1c1ccc(OC)cc1OC. The van der Waals surface area contributed by atoms with Gasteiger partial charge in [-0.25, -0.2) is 4.79 Å². The van der Waals surface area contributed by atoms with E-state index in [4.69, 9.17) is 18.9 Å². The van der Waals surface area contributed by atoms with Gasteiger partial charge in [0.15, 0.2) is 5.78 Å². The molecule has 2 atom stereocenters. The monoisotopic (exact) mass is 491 g/mol. The molecule has 0 aromatic heterocycles. The molecule has 0 saturated heterocycles. The Balaban J connectivity index is 1.80. The number of carbonyl (C=O) groups excluding carboxylic acids is 2. The van der Waals surface area contributed by atoms with E-state index in [2.05, 4.69) is 5.32 Å². The number of rotatable bonds is 8. The van der Waals surface area contributed by atoms with Gasteiger partial charge in [0.2, 0.25) is 0 Å². The number of ether oxygens (including phenoxy) is 4. The smallest absolute Gasteiger partial charge is 0.336 e. The molecule has 2 aliphatic rings. The predicted molar refractivity (Wildman–Crippen MR) is 136 cm³/mol. The van der Waals surface area contributed by atoms with Crippen molar-refractivity contribution >= 4 is 11.8 Å². The number of hydrogen-bond donors (Lipinski definition) is 1. The summed E-state index contributed by atoms with van der Waals surface area (Å²) in [6.07, 6.45) is 1.70. The summed E-state index contributed by atoms with van der Waals surface area (Å²) in [7, 11) is 4.79. The van der Waals surface area contributed by atoms with Gasteiger partial charge >= 0.3 is 5.97 Å². The topological polar surface area (TPSA) is 83.1 Å². The Bertz CT molecular complexity index is 1210. The van der Waals surface area contributed by atoms with Crippen LogP contribution in [-0.4, -0.2) is 39.7 Å². The number of dihydropyridines is 1. The maximum atomic E-state index is 13.8. The number of ketones is 1. The van der Waals surface area contributed by atoms with Gasteiger partial charge in [0.25, 0.3) is 0 Å². The van der Waals surface area contributed by atoms with Crippen LogP contribution in [-0.2, 0) is 14.3 Å². The van der Waals surface area contributed by atoms with E-state index >= 15 is 0 Å². The van der Waals surface area contributed by atoms with Crippen molar-refractivity contribution in [3.8, 4) is 17.2 Å². The van der Waals surface area contributed by atoms with Crippen LogP contribution >= 0.6 is 0 Å². The summed E-state index contributed by atoms with van der Waals surface area (Å²) >= 11 is 0. The van der Waals surface area contributed by atoms with Crippen LogP contribution in [0.1, 0.15) is 56.1 Å². The molecule has 36 heavy (non-hydrogen) atoms. The third kappa shape index (κ3) is 4.83. The van der Waals surface area contributed by atoms with E-state index in [1.165, 1.54) is 0 Å². The molecule has 7 nitrogen and oxygen atoms in total. The first-order valence-electron chi connectivity index (χ1n) is 12.2. The Hall–Kier alpha value is -3.74. The van der Waals surface area contributed by atoms with Crippen LogP contribution < -0.4 is 19.5 Å². The van der Waals surface area contributed by atoms with E-state index in [0.717, 1.165) is 22.6 Å². The van der Waals surface area contributed by atoms with Gasteiger partial charge in [-0.1, -0.05) is 25.1 Å². The lowest BCUT2D eigenvalue weighted by molar-refractivity contribution is -0.139. The van der Waals surface area contributed by atoms with Crippen molar-refractivity contribution in [3.63, 3.8) is 0 Å². The summed E-state index contributed by atoms with van der Waals surface area (Å²) in [6, 6.07) is 13.3. The molecule has 2 aromatic rings. The van der Waals surface area contributed by atoms with Crippen LogP contribution in [0.2, 0.25) is 0 Å². The Kier molecular flexibility index (Phi) is 7.67. The molecule has 190 valence electrons. The molecule has 4 rings (SSSR count). The molecule has 0 saturated carbocycles. The van der Waals surface area contributed by atoms with Crippen LogP contribution in [0.15, 0.2) is 65.0 Å². The first kappa shape index (κ1) is 25.4. The van der Waals surface area contributed by atoms with E-state index in [0.29, 0.717) is 54.2 Å². The van der Waals surface area contributed by atoms with E-state index in [1.807, 2.05) is 50.2 Å². The molecule has 1 aliphatic carbocycles. The summed E-state index contributed by atoms with van der Waals surface area (Å²) in [5.41, 5.74) is 4.34. The highest BCUT2D eigenvalue weighted by atomic mass is 16.5. The van der Waals surface area contributed by atoms with Crippen LogP contribution in [0, 0.1) is 0 Å². The van der Waals surface area contributed by atoms with Crippen molar-refractivity contribution in [2.45, 2.75) is 44.9 Å². The van der Waals surface area contributed by atoms with Crippen LogP contribution in [0.3, 0.4) is 0 Å². The predicted octanol–water partition coefficient (Wildman–Crippen LogP) is 5.03. The highest BCUT2D eigenvalue weighted by molar-refractivity contribution is 6.04. The first-order chi connectivity index (χ1) is 17.4. The number of carbonyl (C=O) groups is 2. The van der Waals surface area contributed by atoms with Crippen LogP contribution in [0.25, 0.3) is 0 Å². The molecule has 1 N–H and O–H groups in total. The van der Waals surface area contributed by atoms with Crippen molar-refractivity contribution in [2.75, 3.05) is 27.9 Å². The van der Waals surface area contributed by atoms with E-state index in [1.54, 1.807) is 27.4 Å². The van der Waals surface area contributed by atoms with Crippen molar-refractivity contribution < 1.29 is 28.5 Å². The third-order valence-corrected chi connectivity index (χ3v) is 6.82. The second-order valence-electron chi connectivity index (χ2n) is 9.03. The van der Waals surface area contributed by atoms with E-state index in [-0.39, 0.29) is 11.7 Å². The maximum Gasteiger partial charge on any atom is 0.336 e. The minimum absolute atomic E-state index is 0.000677. The van der Waals surface area contributed by atoms with Gasteiger partial charge in [-0.3, -0.25) is 4.79 Å². The van der Waals surface area contributed by atoms with Crippen LogP contribution in [0.4, 0.5) is 0 Å². The standard InChI is InChI=1S/C29H33NO6/c1-6-13-36-29(32)26-17(2)30-23-14-19(18-7-9-20(33-3)10-8-18)15-24(31)28(23)27(26)22-12-11-21(34-4)16-25(22)35-5/h7-12,16,19,27,30H,6,13-15H2,1-5H3/t19-,27+/m1/s1. The lowest BCUT2D eigenvalue weighted by atomic mass is 9.71. The average molecular weight is 492 g/mol. The average Bonchev–Trinajstić information content (AvgIpc) is 2.90. The molecular formula is C29H33NO6. The van der Waals surface area contributed by atoms with Gasteiger partial charge in [-0.2, -0.15) is 0 Å². The molecule has 1 aliphatic heterocycles. The lowest BCUT2D eigenvalue weighted by Gasteiger charge is -2.37. The molecule has 0 amide bonds. The number of allylic oxidation sites excluding steroid dienone is 3. The van der Waals surface area contributed by atoms with Crippen molar-refractivity contribution in [1.29, 1.82) is 0 Å². The summed E-state index contributed by atoms with van der Waals surface area (Å²) in [5, 5.41) is 3.39. The lowest BCUT2D eigenvalue weighted by Crippen LogP contribution is -2.36. The Labute approximate surface area is 212 Å². The zero-order valence-electron chi connectivity index (χ0n) is 21.5. The summed E-state index contributed by atoms with van der Waals surface area (Å²) in [6.45, 7) is 4.11. The highest BCUT2D eigenvalue weighted by Crippen LogP contribution is 2.48. The number of Topliss-reactive ketones (excluding diaryl/α,β-unsaturated/α-hetero) is 1. The minimum atomic E-state index is -0.601. The first-order valence-corrected chi connectivity index (χ1v) is 12.2. The van der Waals surface area contributed by atoms with Gasteiger partial charge in [0, 0.05) is 35.0 Å². The zero-order valence-corrected chi connectivity index (χ0v) is 21.5. The van der Waals surface area contributed by atoms with Gasteiger partial charge in [-0.15, -0.1) is 0 Å². The molecule has 0 radical (unpaired) electrons. The number of hydrogen-bond acceptors (Lipinski definition) is 7. The number of benzene rings is 2. The largest absolute Gasteiger partial charge is 0.497 e. The summed E-state index contributed by atoms with van der Waals surface area (Å²) in [4.78, 5) is 27.0. The van der Waals surface area contributed by atoms with Crippen molar-refractivity contribution in [2.24, 2.45) is 0 Å². The maximum absolute atomic E-state index is 13.8. The molecule has 0 bridgehead atoms. The van der Waals surface area contributed by atoms with E-state index in [9.17, 15) is 9.59 Å². The summed E-state index contributed by atoms with van der Waals surface area (Å²) < 4.78 is 21.9. The number of esters is 1. The van der Waals surface area contributed by atoms with Gasteiger partial charge in [0.1, 0.15) is 17.2 Å². The molecule has 7 heteroatoms. The normalized spacial score (nSPS) is 19.4. The quantitative estimate of drug-likeness (QED) is 0.519. The Morgan fingerprint density at radius 1 is 0.972 bits per heavy atom. The second-order valence-corrected chi connectivity index (χ2v) is 9.03. The fourth-order valence-electron chi connectivity index (χ4n) is 5.06. The molecule has 0 fully saturated rings. The molecule has 0 unspecified atom stereocenters. The Morgan fingerprint density at radius 2 is 1.67 bits per heavy atom. The fraction of sp³-hybridized carbons (Fsp3) is 0.379. The van der Waals surface area contributed by atoms with E-state index < -0.39 is 11.9 Å². The van der Waals surface area contributed by atoms with Gasteiger partial charge < -0.3 is 24.3 Å². The van der Waals surface area contributed by atoms with Crippen LogP contribution in [0.5, 0.6) is 17.2 Å². The number of methoxy groups -OCH3 is 3. The van der Waals surface area contributed by atoms with Crippen molar-refractivity contribution in [1.82, 2.24) is 5.32 Å². The second kappa shape index (κ2) is 10.9.